The second-order valence-electron chi connectivity index (χ2n) is 3.81. The van der Waals surface area contributed by atoms with Crippen LogP contribution in [0.2, 0.25) is 0 Å². The number of rotatable bonds is 9. The minimum atomic E-state index is -0.598. The molecule has 1 aromatic carbocycles. The Morgan fingerprint density at radius 2 is 1.79 bits per heavy atom. The van der Waals surface area contributed by atoms with Crippen LogP contribution in [0.5, 0.6) is 0 Å². The molecule has 1 aromatic rings. The summed E-state index contributed by atoms with van der Waals surface area (Å²) in [5.74, 6) is -0.395. The Bertz CT molecular complexity index is 352. The summed E-state index contributed by atoms with van der Waals surface area (Å²) in [5.41, 5.74) is 0.509. The van der Waals surface area contributed by atoms with Gasteiger partial charge in [0.2, 0.25) is 6.29 Å². The van der Waals surface area contributed by atoms with Crippen molar-refractivity contribution in [1.29, 1.82) is 0 Å². The van der Waals surface area contributed by atoms with Gasteiger partial charge in [-0.3, -0.25) is 0 Å². The van der Waals surface area contributed by atoms with E-state index in [-0.39, 0.29) is 0 Å². The van der Waals surface area contributed by atoms with E-state index in [9.17, 15) is 4.79 Å². The Balaban J connectivity index is 2.14. The molecule has 19 heavy (non-hydrogen) atoms. The second-order valence-corrected chi connectivity index (χ2v) is 3.81. The van der Waals surface area contributed by atoms with Crippen molar-refractivity contribution < 1.29 is 23.7 Å². The lowest BCUT2D eigenvalue weighted by Crippen LogP contribution is -2.20. The van der Waals surface area contributed by atoms with Crippen LogP contribution in [-0.4, -0.2) is 45.8 Å². The lowest BCUT2D eigenvalue weighted by atomic mass is 10.2. The molecule has 0 N–H and O–H groups in total. The highest BCUT2D eigenvalue weighted by Crippen LogP contribution is 2.04. The van der Waals surface area contributed by atoms with Crippen LogP contribution >= 0.6 is 0 Å². The molecule has 0 saturated carbocycles. The van der Waals surface area contributed by atoms with Crippen LogP contribution in [0.1, 0.15) is 17.3 Å². The van der Waals surface area contributed by atoms with Gasteiger partial charge in [-0.2, -0.15) is 0 Å². The fourth-order valence-corrected chi connectivity index (χ4v) is 1.34. The van der Waals surface area contributed by atoms with Crippen molar-refractivity contribution in [2.75, 3.05) is 33.5 Å². The number of hydrogen-bond acceptors (Lipinski definition) is 5. The Morgan fingerprint density at radius 3 is 2.47 bits per heavy atom. The van der Waals surface area contributed by atoms with Crippen molar-refractivity contribution in [2.24, 2.45) is 0 Å². The highest BCUT2D eigenvalue weighted by atomic mass is 16.7. The molecule has 0 radical (unpaired) electrons. The molecule has 0 aliphatic rings. The predicted molar refractivity (Wildman–Crippen MR) is 70.0 cm³/mol. The summed E-state index contributed by atoms with van der Waals surface area (Å²) < 4.78 is 20.5. The van der Waals surface area contributed by atoms with E-state index in [0.717, 1.165) is 0 Å². The standard InChI is InChI=1S/C14H20O5/c1-12(18-11-10-17-9-8-16-2)19-14(15)13-6-4-3-5-7-13/h3-7,12H,8-11H2,1-2H3. The van der Waals surface area contributed by atoms with Gasteiger partial charge in [0.15, 0.2) is 0 Å². The second kappa shape index (κ2) is 9.49. The van der Waals surface area contributed by atoms with Gasteiger partial charge >= 0.3 is 5.97 Å². The molecule has 0 spiro atoms. The van der Waals surface area contributed by atoms with Crippen molar-refractivity contribution in [3.63, 3.8) is 0 Å². The molecule has 0 heterocycles. The van der Waals surface area contributed by atoms with E-state index in [1.54, 1.807) is 38.3 Å². The molecule has 5 heteroatoms. The summed E-state index contributed by atoms with van der Waals surface area (Å²) in [6, 6.07) is 8.80. The molecule has 106 valence electrons. The van der Waals surface area contributed by atoms with Gasteiger partial charge in [-0.1, -0.05) is 18.2 Å². The van der Waals surface area contributed by atoms with Crippen LogP contribution in [0, 0.1) is 0 Å². The summed E-state index contributed by atoms with van der Waals surface area (Å²) in [5, 5.41) is 0. The molecule has 0 saturated heterocycles. The van der Waals surface area contributed by atoms with Crippen molar-refractivity contribution in [2.45, 2.75) is 13.2 Å². The number of esters is 1. The first kappa shape index (κ1) is 15.6. The SMILES string of the molecule is COCCOCCOC(C)OC(=O)c1ccccc1. The summed E-state index contributed by atoms with van der Waals surface area (Å²) in [4.78, 5) is 11.7. The molecule has 0 aliphatic heterocycles. The maximum Gasteiger partial charge on any atom is 0.340 e. The van der Waals surface area contributed by atoms with E-state index >= 15 is 0 Å². The van der Waals surface area contributed by atoms with Crippen molar-refractivity contribution in [1.82, 2.24) is 0 Å². The van der Waals surface area contributed by atoms with Crippen molar-refractivity contribution >= 4 is 5.97 Å². The number of carbonyl (C=O) groups is 1. The van der Waals surface area contributed by atoms with Gasteiger partial charge in [0, 0.05) is 7.11 Å². The zero-order chi connectivity index (χ0) is 13.9. The first-order chi connectivity index (χ1) is 9.24. The van der Waals surface area contributed by atoms with Gasteiger partial charge in [0.1, 0.15) is 0 Å². The molecule has 0 aromatic heterocycles. The summed E-state index contributed by atoms with van der Waals surface area (Å²) in [7, 11) is 1.62. The van der Waals surface area contributed by atoms with E-state index < -0.39 is 12.3 Å². The monoisotopic (exact) mass is 268 g/mol. The Hall–Kier alpha value is -1.43. The molecule has 0 amide bonds. The lowest BCUT2D eigenvalue weighted by molar-refractivity contribution is -0.110. The van der Waals surface area contributed by atoms with Crippen molar-refractivity contribution in [3.05, 3.63) is 35.9 Å². The van der Waals surface area contributed by atoms with Crippen LogP contribution in [0.25, 0.3) is 0 Å². The van der Waals surface area contributed by atoms with Crippen LogP contribution in [0.3, 0.4) is 0 Å². The maximum absolute atomic E-state index is 11.7. The number of hydrogen-bond donors (Lipinski definition) is 0. The van der Waals surface area contributed by atoms with E-state index in [1.807, 2.05) is 6.07 Å². The van der Waals surface area contributed by atoms with Crippen LogP contribution in [-0.2, 0) is 18.9 Å². The van der Waals surface area contributed by atoms with Gasteiger partial charge in [0.25, 0.3) is 0 Å². The fourth-order valence-electron chi connectivity index (χ4n) is 1.34. The molecular formula is C14H20O5. The van der Waals surface area contributed by atoms with Gasteiger partial charge < -0.3 is 18.9 Å². The quantitative estimate of drug-likeness (QED) is 0.389. The molecule has 1 unspecified atom stereocenters. The first-order valence-electron chi connectivity index (χ1n) is 6.18. The summed E-state index contributed by atoms with van der Waals surface area (Å²) >= 11 is 0. The molecule has 0 bridgehead atoms. The van der Waals surface area contributed by atoms with Gasteiger partial charge in [-0.15, -0.1) is 0 Å². The molecule has 1 rings (SSSR count). The highest BCUT2D eigenvalue weighted by molar-refractivity contribution is 5.89. The predicted octanol–water partition coefficient (Wildman–Crippen LogP) is 1.87. The normalized spacial score (nSPS) is 12.1. The average molecular weight is 268 g/mol. The first-order valence-corrected chi connectivity index (χ1v) is 6.18. The summed E-state index contributed by atoms with van der Waals surface area (Å²) in [6.45, 7) is 3.57. The largest absolute Gasteiger partial charge is 0.432 e. The van der Waals surface area contributed by atoms with Crippen LogP contribution < -0.4 is 0 Å². The van der Waals surface area contributed by atoms with Crippen molar-refractivity contribution in [3.8, 4) is 0 Å². The minimum Gasteiger partial charge on any atom is -0.432 e. The fraction of sp³-hybridized carbons (Fsp3) is 0.500. The smallest absolute Gasteiger partial charge is 0.340 e. The third kappa shape index (κ3) is 6.91. The number of benzene rings is 1. The average Bonchev–Trinajstić information content (AvgIpc) is 2.43. The molecule has 5 nitrogen and oxygen atoms in total. The van der Waals surface area contributed by atoms with E-state index in [4.69, 9.17) is 18.9 Å². The molecule has 0 fully saturated rings. The molecule has 0 aliphatic carbocycles. The molecular weight excluding hydrogens is 248 g/mol. The van der Waals surface area contributed by atoms with Crippen LogP contribution in [0.15, 0.2) is 30.3 Å². The Kier molecular flexibility index (Phi) is 7.81. The molecule has 1 atom stereocenters. The number of methoxy groups -OCH3 is 1. The zero-order valence-corrected chi connectivity index (χ0v) is 11.3. The van der Waals surface area contributed by atoms with Crippen LogP contribution in [0.4, 0.5) is 0 Å². The Morgan fingerprint density at radius 1 is 1.11 bits per heavy atom. The van der Waals surface area contributed by atoms with Gasteiger partial charge in [0.05, 0.1) is 32.0 Å². The third-order valence-corrected chi connectivity index (χ3v) is 2.29. The number of carbonyl (C=O) groups excluding carboxylic acids is 1. The zero-order valence-electron chi connectivity index (χ0n) is 11.3. The minimum absolute atomic E-state index is 0.368. The topological polar surface area (TPSA) is 54.0 Å². The van der Waals surface area contributed by atoms with E-state index in [1.165, 1.54) is 0 Å². The highest BCUT2D eigenvalue weighted by Gasteiger charge is 2.11. The summed E-state index contributed by atoms with van der Waals surface area (Å²) in [6.07, 6.45) is -0.598. The lowest BCUT2D eigenvalue weighted by Gasteiger charge is -2.14. The van der Waals surface area contributed by atoms with Gasteiger partial charge in [-0.05, 0) is 19.1 Å². The maximum atomic E-state index is 11.7. The van der Waals surface area contributed by atoms with E-state index in [0.29, 0.717) is 32.0 Å². The van der Waals surface area contributed by atoms with Gasteiger partial charge in [-0.25, -0.2) is 4.79 Å². The van der Waals surface area contributed by atoms with E-state index in [2.05, 4.69) is 0 Å². The number of ether oxygens (including phenoxy) is 4. The third-order valence-electron chi connectivity index (χ3n) is 2.29. The Labute approximate surface area is 113 Å².